The van der Waals surface area contributed by atoms with Crippen LogP contribution in [0, 0.1) is 0 Å². The average Bonchev–Trinajstić information content (AvgIpc) is 2.09. The highest BCUT2D eigenvalue weighted by Crippen LogP contribution is 2.06. The molecule has 1 rings (SSSR count). The first-order valence-electron chi connectivity index (χ1n) is 6.06. The molecular formula is C12H27N3. The van der Waals surface area contributed by atoms with E-state index < -0.39 is 0 Å². The Labute approximate surface area is 94.8 Å². The SMILES string of the molecule is CC1CN(CCNC(C)(C)C)CCN1C. The molecule has 1 saturated heterocycles. The Bertz CT molecular complexity index is 186. The molecule has 90 valence electrons. The zero-order valence-corrected chi connectivity index (χ0v) is 11.0. The van der Waals surface area contributed by atoms with Crippen LogP contribution in [0.3, 0.4) is 0 Å². The van der Waals surface area contributed by atoms with Gasteiger partial charge in [0.15, 0.2) is 0 Å². The van der Waals surface area contributed by atoms with Crippen LogP contribution in [-0.2, 0) is 0 Å². The average molecular weight is 213 g/mol. The van der Waals surface area contributed by atoms with E-state index in [0.29, 0.717) is 6.04 Å². The molecule has 0 saturated carbocycles. The van der Waals surface area contributed by atoms with Crippen molar-refractivity contribution in [3.05, 3.63) is 0 Å². The van der Waals surface area contributed by atoms with Gasteiger partial charge in [0.05, 0.1) is 0 Å². The fourth-order valence-corrected chi connectivity index (χ4v) is 1.92. The van der Waals surface area contributed by atoms with Crippen molar-refractivity contribution in [2.45, 2.75) is 39.3 Å². The molecule has 3 nitrogen and oxygen atoms in total. The molecule has 0 spiro atoms. The first kappa shape index (κ1) is 12.9. The molecule has 0 aromatic carbocycles. The van der Waals surface area contributed by atoms with Gasteiger partial charge in [-0.3, -0.25) is 4.90 Å². The Hall–Kier alpha value is -0.120. The number of piperazine rings is 1. The zero-order chi connectivity index (χ0) is 11.5. The van der Waals surface area contributed by atoms with Crippen LogP contribution in [0.5, 0.6) is 0 Å². The number of rotatable bonds is 3. The van der Waals surface area contributed by atoms with Gasteiger partial charge < -0.3 is 10.2 Å². The van der Waals surface area contributed by atoms with Crippen LogP contribution in [0.1, 0.15) is 27.7 Å². The van der Waals surface area contributed by atoms with Crippen LogP contribution in [-0.4, -0.2) is 61.2 Å². The predicted octanol–water partition coefficient (Wildman–Crippen LogP) is 1.01. The second kappa shape index (κ2) is 5.28. The largest absolute Gasteiger partial charge is 0.311 e. The van der Waals surface area contributed by atoms with Crippen molar-refractivity contribution in [2.24, 2.45) is 0 Å². The van der Waals surface area contributed by atoms with E-state index in [-0.39, 0.29) is 5.54 Å². The third-order valence-electron chi connectivity index (χ3n) is 3.13. The van der Waals surface area contributed by atoms with Crippen LogP contribution in [0.2, 0.25) is 0 Å². The minimum atomic E-state index is 0.248. The first-order chi connectivity index (χ1) is 6.88. The Morgan fingerprint density at radius 1 is 1.27 bits per heavy atom. The second-order valence-electron chi connectivity index (χ2n) is 5.81. The highest BCUT2D eigenvalue weighted by molar-refractivity contribution is 4.78. The normalized spacial score (nSPS) is 25.8. The minimum absolute atomic E-state index is 0.248. The maximum Gasteiger partial charge on any atom is 0.0192 e. The van der Waals surface area contributed by atoms with Gasteiger partial charge in [-0.25, -0.2) is 0 Å². The van der Waals surface area contributed by atoms with E-state index in [1.165, 1.54) is 26.2 Å². The summed E-state index contributed by atoms with van der Waals surface area (Å²) < 4.78 is 0. The van der Waals surface area contributed by atoms with Gasteiger partial charge in [0.2, 0.25) is 0 Å². The lowest BCUT2D eigenvalue weighted by molar-refractivity contribution is 0.104. The highest BCUT2D eigenvalue weighted by Gasteiger charge is 2.20. The summed E-state index contributed by atoms with van der Waals surface area (Å²) in [5.74, 6) is 0. The standard InChI is InChI=1S/C12H27N3/c1-11-10-15(9-8-14(11)5)7-6-13-12(2,3)4/h11,13H,6-10H2,1-5H3. The number of nitrogens with one attached hydrogen (secondary N) is 1. The zero-order valence-electron chi connectivity index (χ0n) is 11.0. The molecule has 1 fully saturated rings. The molecule has 0 aromatic rings. The quantitative estimate of drug-likeness (QED) is 0.755. The molecule has 0 bridgehead atoms. The molecular weight excluding hydrogens is 186 g/mol. The van der Waals surface area contributed by atoms with Crippen molar-refractivity contribution < 1.29 is 0 Å². The molecule has 1 heterocycles. The third kappa shape index (κ3) is 4.96. The van der Waals surface area contributed by atoms with Gasteiger partial charge >= 0.3 is 0 Å². The lowest BCUT2D eigenvalue weighted by Gasteiger charge is -2.38. The van der Waals surface area contributed by atoms with Gasteiger partial charge in [-0.2, -0.15) is 0 Å². The first-order valence-corrected chi connectivity index (χ1v) is 6.06. The lowest BCUT2D eigenvalue weighted by atomic mass is 10.1. The Balaban J connectivity index is 2.17. The number of nitrogens with zero attached hydrogens (tertiary/aromatic N) is 2. The monoisotopic (exact) mass is 213 g/mol. The van der Waals surface area contributed by atoms with E-state index in [1.807, 2.05) is 0 Å². The highest BCUT2D eigenvalue weighted by atomic mass is 15.3. The topological polar surface area (TPSA) is 18.5 Å². The smallest absolute Gasteiger partial charge is 0.0192 e. The van der Waals surface area contributed by atoms with Crippen LogP contribution < -0.4 is 5.32 Å². The van der Waals surface area contributed by atoms with E-state index in [0.717, 1.165) is 6.54 Å². The van der Waals surface area contributed by atoms with E-state index in [1.54, 1.807) is 0 Å². The molecule has 0 aliphatic carbocycles. The predicted molar refractivity (Wildman–Crippen MR) is 66.3 cm³/mol. The Kier molecular flexibility index (Phi) is 4.56. The summed E-state index contributed by atoms with van der Waals surface area (Å²) in [6, 6.07) is 0.702. The second-order valence-corrected chi connectivity index (χ2v) is 5.81. The van der Waals surface area contributed by atoms with Crippen LogP contribution >= 0.6 is 0 Å². The summed E-state index contributed by atoms with van der Waals surface area (Å²) in [7, 11) is 2.22. The fraction of sp³-hybridized carbons (Fsp3) is 1.00. The van der Waals surface area contributed by atoms with Crippen molar-refractivity contribution in [1.29, 1.82) is 0 Å². The lowest BCUT2D eigenvalue weighted by Crippen LogP contribution is -2.52. The Morgan fingerprint density at radius 2 is 1.93 bits per heavy atom. The van der Waals surface area contributed by atoms with Crippen molar-refractivity contribution >= 4 is 0 Å². The molecule has 1 unspecified atom stereocenters. The maximum atomic E-state index is 3.54. The molecule has 0 aromatic heterocycles. The van der Waals surface area contributed by atoms with Crippen molar-refractivity contribution in [2.75, 3.05) is 39.8 Å². The molecule has 1 N–H and O–H groups in total. The molecule has 1 aliphatic heterocycles. The summed E-state index contributed by atoms with van der Waals surface area (Å²) >= 11 is 0. The van der Waals surface area contributed by atoms with Gasteiger partial charge in [0, 0.05) is 44.3 Å². The number of hydrogen-bond donors (Lipinski definition) is 1. The molecule has 0 radical (unpaired) electrons. The molecule has 1 aliphatic rings. The van der Waals surface area contributed by atoms with Gasteiger partial charge in [0.25, 0.3) is 0 Å². The maximum absolute atomic E-state index is 3.54. The van der Waals surface area contributed by atoms with Crippen molar-refractivity contribution in [1.82, 2.24) is 15.1 Å². The summed E-state index contributed by atoms with van der Waals surface area (Å²) in [6.07, 6.45) is 0. The van der Waals surface area contributed by atoms with Crippen molar-refractivity contribution in [3.63, 3.8) is 0 Å². The molecule has 3 heteroatoms. The summed E-state index contributed by atoms with van der Waals surface area (Å²) in [5.41, 5.74) is 0.248. The van der Waals surface area contributed by atoms with Gasteiger partial charge in [0.1, 0.15) is 0 Å². The van der Waals surface area contributed by atoms with Crippen LogP contribution in [0.15, 0.2) is 0 Å². The summed E-state index contributed by atoms with van der Waals surface area (Å²) in [5, 5.41) is 3.54. The van der Waals surface area contributed by atoms with Crippen molar-refractivity contribution in [3.8, 4) is 0 Å². The third-order valence-corrected chi connectivity index (χ3v) is 3.13. The van der Waals surface area contributed by atoms with E-state index in [2.05, 4.69) is 49.9 Å². The molecule has 1 atom stereocenters. The van der Waals surface area contributed by atoms with E-state index in [4.69, 9.17) is 0 Å². The molecule has 15 heavy (non-hydrogen) atoms. The summed E-state index contributed by atoms with van der Waals surface area (Å²) in [6.45, 7) is 14.9. The van der Waals surface area contributed by atoms with Crippen LogP contribution in [0.4, 0.5) is 0 Å². The van der Waals surface area contributed by atoms with Crippen LogP contribution in [0.25, 0.3) is 0 Å². The number of hydrogen-bond acceptors (Lipinski definition) is 3. The number of likely N-dealkylation sites (N-methyl/N-ethyl adjacent to an activating group) is 1. The Morgan fingerprint density at radius 3 is 2.47 bits per heavy atom. The molecule has 0 amide bonds. The van der Waals surface area contributed by atoms with Gasteiger partial charge in [-0.05, 0) is 34.7 Å². The van der Waals surface area contributed by atoms with Gasteiger partial charge in [-0.15, -0.1) is 0 Å². The summed E-state index contributed by atoms with van der Waals surface area (Å²) in [4.78, 5) is 5.00. The van der Waals surface area contributed by atoms with E-state index in [9.17, 15) is 0 Å². The van der Waals surface area contributed by atoms with E-state index >= 15 is 0 Å². The fourth-order valence-electron chi connectivity index (χ4n) is 1.92. The van der Waals surface area contributed by atoms with Gasteiger partial charge in [-0.1, -0.05) is 0 Å². The minimum Gasteiger partial charge on any atom is -0.311 e.